The number of benzene rings is 2. The van der Waals surface area contributed by atoms with Crippen LogP contribution in [-0.4, -0.2) is 18.0 Å². The van der Waals surface area contributed by atoms with Gasteiger partial charge in [-0.25, -0.2) is 4.79 Å². The van der Waals surface area contributed by atoms with Gasteiger partial charge < -0.3 is 4.74 Å². The molecule has 0 aromatic heterocycles. The molecule has 0 aliphatic heterocycles. The third kappa shape index (κ3) is 3.59. The van der Waals surface area contributed by atoms with Crippen molar-refractivity contribution in [2.24, 2.45) is 0 Å². The topological polar surface area (TPSA) is 69.4 Å². The van der Waals surface area contributed by atoms with Crippen molar-refractivity contribution >= 4 is 33.7 Å². The average Bonchev–Trinajstić information content (AvgIpc) is 2.52. The van der Waals surface area contributed by atoms with Gasteiger partial charge in [0.15, 0.2) is 0 Å². The first-order valence-electron chi connectivity index (χ1n) is 6.32. The zero-order valence-corrected chi connectivity index (χ0v) is 13.2. The largest absolute Gasteiger partial charge is 0.466 e. The van der Waals surface area contributed by atoms with Gasteiger partial charge >= 0.3 is 5.97 Å². The molecule has 5 nitrogen and oxygen atoms in total. The van der Waals surface area contributed by atoms with E-state index in [1.165, 1.54) is 19.3 Å². The molecule has 0 fully saturated rings. The number of ether oxygens (including phenoxy) is 1. The molecule has 0 atom stereocenters. The van der Waals surface area contributed by atoms with E-state index in [-0.39, 0.29) is 5.69 Å². The van der Waals surface area contributed by atoms with E-state index < -0.39 is 10.9 Å². The van der Waals surface area contributed by atoms with Gasteiger partial charge in [-0.05, 0) is 35.4 Å². The van der Waals surface area contributed by atoms with Gasteiger partial charge in [-0.3, -0.25) is 10.1 Å². The first-order valence-corrected chi connectivity index (χ1v) is 7.11. The fourth-order valence-corrected chi connectivity index (χ4v) is 2.38. The lowest BCUT2D eigenvalue weighted by Gasteiger charge is -2.08. The van der Waals surface area contributed by atoms with Crippen LogP contribution in [0, 0.1) is 10.1 Å². The molecule has 0 unspecified atom stereocenters. The predicted molar refractivity (Wildman–Crippen MR) is 87.3 cm³/mol. The second kappa shape index (κ2) is 7.00. The van der Waals surface area contributed by atoms with Gasteiger partial charge in [0, 0.05) is 16.6 Å². The van der Waals surface area contributed by atoms with Crippen molar-refractivity contribution in [3.05, 3.63) is 68.7 Å². The van der Waals surface area contributed by atoms with Crippen molar-refractivity contribution in [3.8, 4) is 11.1 Å². The van der Waals surface area contributed by atoms with Gasteiger partial charge in [-0.15, -0.1) is 0 Å². The molecule has 2 rings (SSSR count). The molecule has 0 amide bonds. The Kier molecular flexibility index (Phi) is 5.06. The molecule has 0 bridgehead atoms. The summed E-state index contributed by atoms with van der Waals surface area (Å²) in [5.74, 6) is -0.492. The molecule has 22 heavy (non-hydrogen) atoms. The highest BCUT2D eigenvalue weighted by Gasteiger charge is 2.16. The Hall–Kier alpha value is -2.47. The number of carbonyl (C=O) groups is 1. The Bertz CT molecular complexity index is 756. The van der Waals surface area contributed by atoms with E-state index in [4.69, 9.17) is 0 Å². The van der Waals surface area contributed by atoms with Crippen LogP contribution >= 0.6 is 15.9 Å². The number of para-hydroxylation sites is 1. The number of esters is 1. The van der Waals surface area contributed by atoms with E-state index in [1.807, 2.05) is 0 Å². The number of hydrogen-bond donors (Lipinski definition) is 0. The Balaban J connectivity index is 2.59. The summed E-state index contributed by atoms with van der Waals surface area (Å²) in [7, 11) is 1.29. The first-order chi connectivity index (χ1) is 10.5. The zero-order chi connectivity index (χ0) is 16.1. The summed E-state index contributed by atoms with van der Waals surface area (Å²) in [6.45, 7) is 0. The number of nitro groups is 1. The normalized spacial score (nSPS) is 10.6. The van der Waals surface area contributed by atoms with Gasteiger partial charge in [0.05, 0.1) is 17.6 Å². The number of hydrogen-bond acceptors (Lipinski definition) is 4. The molecular weight excluding hydrogens is 350 g/mol. The van der Waals surface area contributed by atoms with E-state index in [1.54, 1.807) is 42.5 Å². The minimum atomic E-state index is -0.492. The molecular formula is C16H12BrNO4. The summed E-state index contributed by atoms with van der Waals surface area (Å²) in [6.07, 6.45) is 2.85. The summed E-state index contributed by atoms with van der Waals surface area (Å²) in [4.78, 5) is 22.0. The summed E-state index contributed by atoms with van der Waals surface area (Å²) >= 11 is 3.36. The molecule has 0 aliphatic rings. The fraction of sp³-hybridized carbons (Fsp3) is 0.0625. The van der Waals surface area contributed by atoms with Crippen LogP contribution in [0.2, 0.25) is 0 Å². The second-order valence-electron chi connectivity index (χ2n) is 4.36. The Morgan fingerprint density at radius 1 is 1.23 bits per heavy atom. The smallest absolute Gasteiger partial charge is 0.330 e. The molecule has 2 aromatic carbocycles. The van der Waals surface area contributed by atoms with Crippen LogP contribution in [0.15, 0.2) is 53.0 Å². The lowest BCUT2D eigenvalue weighted by molar-refractivity contribution is -0.384. The van der Waals surface area contributed by atoms with Crippen LogP contribution in [0.1, 0.15) is 5.56 Å². The number of methoxy groups -OCH3 is 1. The molecule has 0 aliphatic carbocycles. The molecule has 0 saturated heterocycles. The van der Waals surface area contributed by atoms with Crippen LogP contribution < -0.4 is 0 Å². The Morgan fingerprint density at radius 2 is 1.95 bits per heavy atom. The van der Waals surface area contributed by atoms with Crippen molar-refractivity contribution in [2.45, 2.75) is 0 Å². The van der Waals surface area contributed by atoms with Crippen molar-refractivity contribution in [3.63, 3.8) is 0 Å². The number of rotatable bonds is 4. The minimum absolute atomic E-state index is 0.0116. The predicted octanol–water partition coefficient (Wildman–Crippen LogP) is 4.21. The monoisotopic (exact) mass is 361 g/mol. The summed E-state index contributed by atoms with van der Waals surface area (Å²) in [5, 5.41) is 11.2. The van der Waals surface area contributed by atoms with Crippen LogP contribution in [0.4, 0.5) is 5.69 Å². The minimum Gasteiger partial charge on any atom is -0.466 e. The highest BCUT2D eigenvalue weighted by Crippen LogP contribution is 2.34. The van der Waals surface area contributed by atoms with Crippen LogP contribution in [0.5, 0.6) is 0 Å². The maximum Gasteiger partial charge on any atom is 0.330 e. The van der Waals surface area contributed by atoms with Crippen LogP contribution in [0.3, 0.4) is 0 Å². The zero-order valence-electron chi connectivity index (χ0n) is 11.7. The molecule has 6 heteroatoms. The van der Waals surface area contributed by atoms with Gasteiger partial charge in [-0.1, -0.05) is 34.1 Å². The van der Waals surface area contributed by atoms with Gasteiger partial charge in [0.25, 0.3) is 5.69 Å². The number of halogens is 1. The first kappa shape index (κ1) is 15.9. The molecule has 2 aromatic rings. The highest BCUT2D eigenvalue weighted by atomic mass is 79.9. The molecule has 0 heterocycles. The molecule has 0 saturated carbocycles. The van der Waals surface area contributed by atoms with Crippen LogP contribution in [0.25, 0.3) is 17.2 Å². The van der Waals surface area contributed by atoms with E-state index in [0.29, 0.717) is 16.7 Å². The number of nitrogens with zero attached hydrogens (tertiary/aromatic N) is 1. The molecule has 0 spiro atoms. The molecule has 112 valence electrons. The lowest BCUT2D eigenvalue weighted by Crippen LogP contribution is -1.95. The Morgan fingerprint density at radius 3 is 2.64 bits per heavy atom. The lowest BCUT2D eigenvalue weighted by atomic mass is 9.98. The average molecular weight is 362 g/mol. The third-order valence-electron chi connectivity index (χ3n) is 3.00. The summed E-state index contributed by atoms with van der Waals surface area (Å²) in [5.41, 5.74) is 1.84. The van der Waals surface area contributed by atoms with Crippen molar-refractivity contribution < 1.29 is 14.5 Å². The number of carbonyl (C=O) groups excluding carboxylic acids is 1. The van der Waals surface area contributed by atoms with Gasteiger partial charge in [0.2, 0.25) is 0 Å². The van der Waals surface area contributed by atoms with Crippen LogP contribution in [-0.2, 0) is 9.53 Å². The van der Waals surface area contributed by atoms with Gasteiger partial charge in [0.1, 0.15) is 0 Å². The molecule has 0 radical (unpaired) electrons. The van der Waals surface area contributed by atoms with Crippen molar-refractivity contribution in [1.29, 1.82) is 0 Å². The summed E-state index contributed by atoms with van der Waals surface area (Å²) < 4.78 is 5.37. The maximum atomic E-state index is 11.3. The highest BCUT2D eigenvalue weighted by molar-refractivity contribution is 9.10. The van der Waals surface area contributed by atoms with Gasteiger partial charge in [-0.2, -0.15) is 0 Å². The SMILES string of the molecule is COC(=O)C=Cc1cc(Br)ccc1-c1ccccc1[N+](=O)[O-]. The van der Waals surface area contributed by atoms with Crippen molar-refractivity contribution in [1.82, 2.24) is 0 Å². The van der Waals surface area contributed by atoms with E-state index in [2.05, 4.69) is 20.7 Å². The maximum absolute atomic E-state index is 11.3. The third-order valence-corrected chi connectivity index (χ3v) is 3.50. The standard InChI is InChI=1S/C16H12BrNO4/c1-22-16(19)9-6-11-10-12(17)7-8-13(11)14-4-2-3-5-15(14)18(20)21/h2-10H,1H3. The van der Waals surface area contributed by atoms with E-state index in [9.17, 15) is 14.9 Å². The van der Waals surface area contributed by atoms with E-state index in [0.717, 1.165) is 4.47 Å². The number of nitro benzene ring substituents is 1. The second-order valence-corrected chi connectivity index (χ2v) is 5.28. The Labute approximate surface area is 135 Å². The van der Waals surface area contributed by atoms with E-state index >= 15 is 0 Å². The van der Waals surface area contributed by atoms with Crippen molar-refractivity contribution in [2.75, 3.05) is 7.11 Å². The summed E-state index contributed by atoms with van der Waals surface area (Å²) in [6, 6.07) is 11.8. The fourth-order valence-electron chi connectivity index (χ4n) is 2.00. The quantitative estimate of drug-likeness (QED) is 0.354. The molecule has 0 N–H and O–H groups in total.